The van der Waals surface area contributed by atoms with Gasteiger partial charge >= 0.3 is 0 Å². The van der Waals surface area contributed by atoms with E-state index < -0.39 is 0 Å². The van der Waals surface area contributed by atoms with Crippen molar-refractivity contribution in [3.63, 3.8) is 0 Å². The van der Waals surface area contributed by atoms with Crippen molar-refractivity contribution in [3.8, 4) is 0 Å². The molecule has 144 valence electrons. The first-order valence-corrected chi connectivity index (χ1v) is 10.3. The highest BCUT2D eigenvalue weighted by Gasteiger charge is 2.53. The minimum Gasteiger partial charge on any atom is -0.343 e. The van der Waals surface area contributed by atoms with Gasteiger partial charge in [0.05, 0.1) is 5.54 Å². The zero-order chi connectivity index (χ0) is 20.2. The summed E-state index contributed by atoms with van der Waals surface area (Å²) in [6, 6.07) is 18.1. The van der Waals surface area contributed by atoms with Crippen molar-refractivity contribution in [1.29, 1.82) is 0 Å². The Bertz CT molecular complexity index is 803. The van der Waals surface area contributed by atoms with E-state index in [9.17, 15) is 0 Å². The molecule has 0 saturated heterocycles. The lowest BCUT2D eigenvalue weighted by atomic mass is 9.31. The minimum absolute atomic E-state index is 0.111. The second-order valence-electron chi connectivity index (χ2n) is 9.74. The van der Waals surface area contributed by atoms with Gasteiger partial charge in [-0.3, -0.25) is 0 Å². The molecule has 3 nitrogen and oxygen atoms in total. The largest absolute Gasteiger partial charge is 0.343 e. The van der Waals surface area contributed by atoms with Crippen LogP contribution in [0.2, 0.25) is 0 Å². The van der Waals surface area contributed by atoms with Crippen LogP contribution < -0.4 is 0 Å². The molecule has 28 heavy (non-hydrogen) atoms. The van der Waals surface area contributed by atoms with E-state index in [-0.39, 0.29) is 19.2 Å². The summed E-state index contributed by atoms with van der Waals surface area (Å²) in [7, 11) is 8.83. The molecule has 1 aliphatic carbocycles. The topological polar surface area (TPSA) is 18.8 Å². The summed E-state index contributed by atoms with van der Waals surface area (Å²) in [5.74, 6) is 0.620. The van der Waals surface area contributed by atoms with Crippen molar-refractivity contribution in [3.05, 3.63) is 70.8 Å². The smallest absolute Gasteiger partial charge is 0.277 e. The molecule has 0 radical (unpaired) electrons. The number of hydrogen-bond donors (Lipinski definition) is 0. The molecule has 0 amide bonds. The second kappa shape index (κ2) is 6.89. The quantitative estimate of drug-likeness (QED) is 0.749. The van der Waals surface area contributed by atoms with Crippen molar-refractivity contribution < 1.29 is 0 Å². The number of hydrogen-bond acceptors (Lipinski definition) is 3. The Morgan fingerprint density at radius 3 is 1.25 bits per heavy atom. The molecular formula is C23H31B2N3. The highest BCUT2D eigenvalue weighted by atomic mass is 15.0. The molecule has 5 rings (SSSR count). The van der Waals surface area contributed by atoms with E-state index >= 15 is 0 Å². The first-order valence-electron chi connectivity index (χ1n) is 10.3. The van der Waals surface area contributed by atoms with Crippen LogP contribution in [0.4, 0.5) is 0 Å². The predicted molar refractivity (Wildman–Crippen MR) is 123 cm³/mol. The van der Waals surface area contributed by atoms with Crippen LogP contribution in [0.15, 0.2) is 53.5 Å². The standard InChI is InChI=1S/C23H31B2N3/c1-23(2,3)26-22-24(27(4)5)20-16-12-8-10-14-18(16)21(25(22)28(6)7)19-15-11-9-13-17(19)20/h8-15,20-21H,1-7H3. The Morgan fingerprint density at radius 2 is 1.00 bits per heavy atom. The predicted octanol–water partition coefficient (Wildman–Crippen LogP) is 3.78. The van der Waals surface area contributed by atoms with Crippen molar-refractivity contribution in [2.45, 2.75) is 37.9 Å². The van der Waals surface area contributed by atoms with E-state index in [4.69, 9.17) is 4.99 Å². The average Bonchev–Trinajstić information content (AvgIpc) is 2.81. The molecule has 0 atom stereocenters. The van der Waals surface area contributed by atoms with Crippen LogP contribution in [0, 0.1) is 0 Å². The van der Waals surface area contributed by atoms with E-state index in [0.717, 1.165) is 0 Å². The van der Waals surface area contributed by atoms with Crippen LogP contribution in [0.25, 0.3) is 0 Å². The zero-order valence-electron chi connectivity index (χ0n) is 18.3. The summed E-state index contributed by atoms with van der Waals surface area (Å²) in [4.78, 5) is 10.1. The maximum Gasteiger partial charge on any atom is 0.277 e. The summed E-state index contributed by atoms with van der Waals surface area (Å²) >= 11 is 0. The molecule has 2 aromatic carbocycles. The molecular weight excluding hydrogens is 340 g/mol. The fraction of sp³-hybridized carbons (Fsp3) is 0.435. The number of benzene rings is 2. The normalized spacial score (nSPS) is 21.1. The molecule has 2 aromatic rings. The van der Waals surface area contributed by atoms with Gasteiger partial charge in [-0.15, -0.1) is 0 Å². The van der Waals surface area contributed by atoms with Gasteiger partial charge in [-0.05, 0) is 76.7 Å². The molecule has 2 heterocycles. The van der Waals surface area contributed by atoms with Gasteiger partial charge in [0, 0.05) is 11.6 Å². The lowest BCUT2D eigenvalue weighted by Crippen LogP contribution is -2.56. The molecule has 2 bridgehead atoms. The molecule has 5 heteroatoms. The Hall–Kier alpha value is -1.84. The number of aliphatic imine (C=N–C) groups is 1. The Morgan fingerprint density at radius 1 is 0.679 bits per heavy atom. The molecule has 2 aliphatic heterocycles. The van der Waals surface area contributed by atoms with Crippen LogP contribution in [0.5, 0.6) is 0 Å². The van der Waals surface area contributed by atoms with E-state index in [1.807, 2.05) is 0 Å². The molecule has 0 N–H and O–H groups in total. The summed E-state index contributed by atoms with van der Waals surface area (Å²) in [5.41, 5.74) is 7.07. The van der Waals surface area contributed by atoms with Gasteiger partial charge in [0.2, 0.25) is 0 Å². The van der Waals surface area contributed by atoms with Crippen molar-refractivity contribution in [2.75, 3.05) is 28.2 Å². The Balaban J connectivity index is 2.11. The maximum absolute atomic E-state index is 5.37. The van der Waals surface area contributed by atoms with E-state index in [1.54, 1.807) is 0 Å². The minimum atomic E-state index is -0.111. The van der Waals surface area contributed by atoms with E-state index in [1.165, 1.54) is 27.8 Å². The lowest BCUT2D eigenvalue weighted by Gasteiger charge is -2.34. The zero-order valence-corrected chi connectivity index (χ0v) is 18.3. The first-order chi connectivity index (χ1) is 13.2. The molecule has 0 unspecified atom stereocenters. The molecule has 0 saturated carbocycles. The molecule has 0 fully saturated rings. The molecule has 0 spiro atoms. The van der Waals surface area contributed by atoms with E-state index in [2.05, 4.69) is 107 Å². The van der Waals surface area contributed by atoms with E-state index in [0.29, 0.717) is 11.6 Å². The highest BCUT2D eigenvalue weighted by molar-refractivity contribution is 7.19. The van der Waals surface area contributed by atoms with Crippen LogP contribution in [-0.2, 0) is 0 Å². The second-order valence-corrected chi connectivity index (χ2v) is 9.74. The summed E-state index contributed by atoms with van der Waals surface area (Å²) in [5, 5.41) is 0. The van der Waals surface area contributed by atoms with Gasteiger partial charge < -0.3 is 14.6 Å². The summed E-state index contributed by atoms with van der Waals surface area (Å²) in [6.45, 7) is 7.12. The van der Waals surface area contributed by atoms with Gasteiger partial charge in [0.25, 0.3) is 13.7 Å². The monoisotopic (exact) mass is 371 g/mol. The van der Waals surface area contributed by atoms with Crippen LogP contribution in [0.1, 0.15) is 54.7 Å². The van der Waals surface area contributed by atoms with Crippen LogP contribution in [-0.4, -0.2) is 62.6 Å². The Labute approximate surface area is 171 Å². The highest BCUT2D eigenvalue weighted by Crippen LogP contribution is 2.49. The van der Waals surface area contributed by atoms with Gasteiger partial charge in [-0.2, -0.15) is 0 Å². The fourth-order valence-corrected chi connectivity index (χ4v) is 5.33. The first kappa shape index (κ1) is 19.5. The third-order valence-corrected chi connectivity index (χ3v) is 6.15. The summed E-state index contributed by atoms with van der Waals surface area (Å²) < 4.78 is 0. The number of fused-ring (bicyclic) bond motifs is 2. The Kier molecular flexibility index (Phi) is 4.79. The molecule has 3 aliphatic rings. The van der Waals surface area contributed by atoms with Crippen LogP contribution in [0.3, 0.4) is 0 Å². The van der Waals surface area contributed by atoms with Crippen molar-refractivity contribution in [1.82, 2.24) is 9.62 Å². The van der Waals surface area contributed by atoms with Gasteiger partial charge in [0.15, 0.2) is 0 Å². The third kappa shape index (κ3) is 3.05. The average molecular weight is 371 g/mol. The number of rotatable bonds is 2. The fourth-order valence-electron chi connectivity index (χ4n) is 5.33. The van der Waals surface area contributed by atoms with Gasteiger partial charge in [-0.1, -0.05) is 48.5 Å². The van der Waals surface area contributed by atoms with Crippen molar-refractivity contribution >= 4 is 19.2 Å². The molecule has 0 aromatic heterocycles. The third-order valence-electron chi connectivity index (χ3n) is 6.15. The maximum atomic E-state index is 5.37. The van der Waals surface area contributed by atoms with Crippen molar-refractivity contribution in [2.24, 2.45) is 4.99 Å². The summed E-state index contributed by atoms with van der Waals surface area (Å²) in [6.07, 6.45) is 0. The lowest BCUT2D eigenvalue weighted by molar-refractivity contribution is 0.581. The number of nitrogens with zero attached hydrogens (tertiary/aromatic N) is 3. The SMILES string of the molecule is CN(C)B1C(=NC(C)(C)C)B(N(C)C)C2c3ccccc3C1c1ccccc12. The van der Waals surface area contributed by atoms with Gasteiger partial charge in [-0.25, -0.2) is 0 Å². The van der Waals surface area contributed by atoms with Crippen LogP contribution >= 0.6 is 0 Å². The van der Waals surface area contributed by atoms with Gasteiger partial charge in [0.1, 0.15) is 0 Å².